The third-order valence-electron chi connectivity index (χ3n) is 1.87. The van der Waals surface area contributed by atoms with E-state index in [4.69, 9.17) is 11.6 Å². The second-order valence-electron chi connectivity index (χ2n) is 3.07. The third-order valence-corrected chi connectivity index (χ3v) is 2.14. The van der Waals surface area contributed by atoms with Gasteiger partial charge < -0.3 is 5.32 Å². The minimum atomic E-state index is -0.0854. The van der Waals surface area contributed by atoms with Gasteiger partial charge in [-0.3, -0.25) is 4.79 Å². The molecule has 1 aromatic rings. The number of rotatable bonds is 5. The monoisotopic (exact) mass is 223 g/mol. The summed E-state index contributed by atoms with van der Waals surface area (Å²) in [5.41, 5.74) is 0.666. The predicted octanol–water partition coefficient (Wildman–Crippen LogP) is 2.95. The number of amides is 1. The summed E-state index contributed by atoms with van der Waals surface area (Å²) in [6, 6.07) is 9.12. The van der Waals surface area contributed by atoms with Crippen LogP contribution in [0.3, 0.4) is 0 Å². The van der Waals surface area contributed by atoms with Gasteiger partial charge in [0.15, 0.2) is 0 Å². The van der Waals surface area contributed by atoms with Gasteiger partial charge in [0.2, 0.25) is 0 Å². The summed E-state index contributed by atoms with van der Waals surface area (Å²) >= 11 is 5.52. The van der Waals surface area contributed by atoms with Crippen molar-refractivity contribution in [3.8, 4) is 0 Å². The Morgan fingerprint density at radius 1 is 1.33 bits per heavy atom. The van der Waals surface area contributed by atoms with Gasteiger partial charge in [-0.1, -0.05) is 24.3 Å². The Bertz CT molecular complexity index is 322. The van der Waals surface area contributed by atoms with E-state index in [-0.39, 0.29) is 5.91 Å². The van der Waals surface area contributed by atoms with E-state index in [0.717, 1.165) is 12.8 Å². The topological polar surface area (TPSA) is 29.1 Å². The average Bonchev–Trinajstić information content (AvgIpc) is 2.30. The van der Waals surface area contributed by atoms with E-state index in [1.807, 2.05) is 24.3 Å². The largest absolute Gasteiger partial charge is 0.329 e. The average molecular weight is 224 g/mol. The van der Waals surface area contributed by atoms with Gasteiger partial charge in [-0.15, -0.1) is 11.6 Å². The van der Waals surface area contributed by atoms with Crippen molar-refractivity contribution in [2.24, 2.45) is 0 Å². The van der Waals surface area contributed by atoms with Crippen LogP contribution in [0.1, 0.15) is 23.2 Å². The van der Waals surface area contributed by atoms with Crippen molar-refractivity contribution in [3.63, 3.8) is 0 Å². The Morgan fingerprint density at radius 2 is 2.07 bits per heavy atom. The highest BCUT2D eigenvalue weighted by Gasteiger charge is 1.99. The Kier molecular flexibility index (Phi) is 5.56. The molecule has 0 aliphatic rings. The number of nitrogens with one attached hydrogen (secondary N) is 1. The van der Waals surface area contributed by atoms with E-state index in [1.165, 1.54) is 0 Å². The molecular weight excluding hydrogens is 210 g/mol. The molecular formula is C12H14ClNO. The van der Waals surface area contributed by atoms with Crippen molar-refractivity contribution in [2.75, 3.05) is 5.88 Å². The van der Waals surface area contributed by atoms with Gasteiger partial charge in [-0.2, -0.15) is 0 Å². The minimum Gasteiger partial charge on any atom is -0.329 e. The van der Waals surface area contributed by atoms with Gasteiger partial charge in [0.05, 0.1) is 0 Å². The molecule has 2 nitrogen and oxygen atoms in total. The van der Waals surface area contributed by atoms with Crippen molar-refractivity contribution in [1.29, 1.82) is 0 Å². The number of unbranched alkanes of at least 4 members (excludes halogenated alkanes) is 1. The SMILES string of the molecule is O=C(N/C=C\CCCCl)c1ccccc1. The molecule has 80 valence electrons. The molecule has 0 bridgehead atoms. The minimum absolute atomic E-state index is 0.0854. The Labute approximate surface area is 94.9 Å². The molecule has 1 amide bonds. The van der Waals surface area contributed by atoms with Gasteiger partial charge in [-0.25, -0.2) is 0 Å². The highest BCUT2D eigenvalue weighted by atomic mass is 35.5. The standard InChI is InChI=1S/C12H14ClNO/c13-9-5-2-6-10-14-12(15)11-7-3-1-4-8-11/h1,3-4,6-8,10H,2,5,9H2,(H,14,15)/b10-6-. The lowest BCUT2D eigenvalue weighted by Crippen LogP contribution is -2.16. The molecule has 0 aliphatic carbocycles. The molecule has 3 heteroatoms. The lowest BCUT2D eigenvalue weighted by molar-refractivity contribution is 0.0970. The van der Waals surface area contributed by atoms with Crippen molar-refractivity contribution >= 4 is 17.5 Å². The molecule has 0 unspecified atom stereocenters. The van der Waals surface area contributed by atoms with Crippen molar-refractivity contribution < 1.29 is 4.79 Å². The van der Waals surface area contributed by atoms with Crippen LogP contribution >= 0.6 is 11.6 Å². The lowest BCUT2D eigenvalue weighted by atomic mass is 10.2. The van der Waals surface area contributed by atoms with Gasteiger partial charge in [-0.05, 0) is 25.0 Å². The fourth-order valence-electron chi connectivity index (χ4n) is 1.09. The fraction of sp³-hybridized carbons (Fsp3) is 0.250. The maximum atomic E-state index is 11.5. The van der Waals surface area contributed by atoms with Crippen LogP contribution < -0.4 is 5.32 Å². The number of allylic oxidation sites excluding steroid dienone is 1. The van der Waals surface area contributed by atoms with Crippen LogP contribution in [0.4, 0.5) is 0 Å². The zero-order valence-corrected chi connectivity index (χ0v) is 9.20. The molecule has 0 spiro atoms. The predicted molar refractivity (Wildman–Crippen MR) is 63.0 cm³/mol. The maximum Gasteiger partial charge on any atom is 0.255 e. The van der Waals surface area contributed by atoms with E-state index in [0.29, 0.717) is 11.4 Å². The number of alkyl halides is 1. The zero-order chi connectivity index (χ0) is 10.9. The number of benzene rings is 1. The maximum absolute atomic E-state index is 11.5. The molecule has 0 aromatic heterocycles. The highest BCUT2D eigenvalue weighted by molar-refractivity contribution is 6.17. The fourth-order valence-corrected chi connectivity index (χ4v) is 1.24. The van der Waals surface area contributed by atoms with E-state index in [9.17, 15) is 4.79 Å². The van der Waals surface area contributed by atoms with Crippen LogP contribution in [0.15, 0.2) is 42.6 Å². The molecule has 0 heterocycles. The molecule has 1 aromatic carbocycles. The smallest absolute Gasteiger partial charge is 0.255 e. The van der Waals surface area contributed by atoms with Crippen LogP contribution in [-0.4, -0.2) is 11.8 Å². The quantitative estimate of drug-likeness (QED) is 0.604. The summed E-state index contributed by atoms with van der Waals surface area (Å²) in [6.07, 6.45) is 5.39. The first-order valence-electron chi connectivity index (χ1n) is 4.91. The molecule has 0 saturated heterocycles. The molecule has 0 fully saturated rings. The summed E-state index contributed by atoms with van der Waals surface area (Å²) in [5.74, 6) is 0.564. The van der Waals surface area contributed by atoms with Crippen LogP contribution in [-0.2, 0) is 0 Å². The highest BCUT2D eigenvalue weighted by Crippen LogP contribution is 1.98. The first-order chi connectivity index (χ1) is 7.34. The Balaban J connectivity index is 2.34. The number of carbonyl (C=O) groups excluding carboxylic acids is 1. The molecule has 1 N–H and O–H groups in total. The number of hydrogen-bond donors (Lipinski definition) is 1. The van der Waals surface area contributed by atoms with Crippen LogP contribution in [0, 0.1) is 0 Å². The van der Waals surface area contributed by atoms with Crippen LogP contribution in [0.25, 0.3) is 0 Å². The molecule has 0 aliphatic heterocycles. The van der Waals surface area contributed by atoms with Crippen molar-refractivity contribution in [1.82, 2.24) is 5.32 Å². The van der Waals surface area contributed by atoms with E-state index >= 15 is 0 Å². The van der Waals surface area contributed by atoms with E-state index < -0.39 is 0 Å². The van der Waals surface area contributed by atoms with Gasteiger partial charge >= 0.3 is 0 Å². The van der Waals surface area contributed by atoms with Crippen molar-refractivity contribution in [2.45, 2.75) is 12.8 Å². The lowest BCUT2D eigenvalue weighted by Gasteiger charge is -1.98. The normalized spacial score (nSPS) is 10.5. The Morgan fingerprint density at radius 3 is 2.73 bits per heavy atom. The summed E-state index contributed by atoms with van der Waals surface area (Å²) < 4.78 is 0. The van der Waals surface area contributed by atoms with Crippen LogP contribution in [0.5, 0.6) is 0 Å². The van der Waals surface area contributed by atoms with Crippen molar-refractivity contribution in [3.05, 3.63) is 48.2 Å². The molecule has 15 heavy (non-hydrogen) atoms. The van der Waals surface area contributed by atoms with E-state index in [1.54, 1.807) is 18.3 Å². The number of halogens is 1. The molecule has 0 saturated carbocycles. The Hall–Kier alpha value is -1.28. The van der Waals surface area contributed by atoms with Gasteiger partial charge in [0.25, 0.3) is 5.91 Å². The van der Waals surface area contributed by atoms with Gasteiger partial charge in [0.1, 0.15) is 0 Å². The molecule has 0 radical (unpaired) electrons. The third kappa shape index (κ3) is 4.66. The van der Waals surface area contributed by atoms with Crippen LogP contribution in [0.2, 0.25) is 0 Å². The second-order valence-corrected chi connectivity index (χ2v) is 3.45. The number of carbonyl (C=O) groups is 1. The molecule has 0 atom stereocenters. The number of hydrogen-bond acceptors (Lipinski definition) is 1. The summed E-state index contributed by atoms with van der Waals surface area (Å²) in [7, 11) is 0. The zero-order valence-electron chi connectivity index (χ0n) is 8.45. The summed E-state index contributed by atoms with van der Waals surface area (Å²) in [6.45, 7) is 0. The van der Waals surface area contributed by atoms with E-state index in [2.05, 4.69) is 5.32 Å². The summed E-state index contributed by atoms with van der Waals surface area (Å²) in [4.78, 5) is 11.5. The first-order valence-corrected chi connectivity index (χ1v) is 5.45. The molecule has 1 rings (SSSR count). The summed E-state index contributed by atoms with van der Waals surface area (Å²) in [5, 5.41) is 2.70. The first kappa shape index (κ1) is 11.8. The second kappa shape index (κ2) is 7.07. The van der Waals surface area contributed by atoms with Gasteiger partial charge in [0, 0.05) is 17.6 Å².